The largest absolute Gasteiger partial charge is 0.329 e. The fourth-order valence-electron chi connectivity index (χ4n) is 1.93. The summed E-state index contributed by atoms with van der Waals surface area (Å²) in [5, 5.41) is 0. The average molecular weight is 232 g/mol. The van der Waals surface area contributed by atoms with Gasteiger partial charge in [-0.05, 0) is 19.3 Å². The van der Waals surface area contributed by atoms with Crippen LogP contribution in [0.15, 0.2) is 12.7 Å². The molecular weight excluding hydrogens is 212 g/mol. The van der Waals surface area contributed by atoms with Gasteiger partial charge in [-0.15, -0.1) is 6.58 Å². The molecule has 0 aromatic carbocycles. The van der Waals surface area contributed by atoms with Gasteiger partial charge in [0.15, 0.2) is 0 Å². The molecule has 0 aromatic rings. The van der Waals surface area contributed by atoms with Crippen molar-refractivity contribution in [1.29, 1.82) is 0 Å². The highest BCUT2D eigenvalue weighted by Crippen LogP contribution is 2.20. The molecule has 15 heavy (non-hydrogen) atoms. The van der Waals surface area contributed by atoms with Gasteiger partial charge in [-0.2, -0.15) is 4.31 Å². The number of nitrogens with two attached hydrogens (primary N) is 1. The lowest BCUT2D eigenvalue weighted by Gasteiger charge is -2.33. The molecule has 1 fully saturated rings. The standard InChI is InChI=1S/C10H20N2O2S/c1-2-3-8-15(13,14)12-7-5-4-6-10(12)9-11/h2,10H,1,3-9,11H2. The maximum absolute atomic E-state index is 11.9. The van der Waals surface area contributed by atoms with Crippen molar-refractivity contribution in [2.75, 3.05) is 18.8 Å². The molecular formula is C10H20N2O2S. The van der Waals surface area contributed by atoms with Gasteiger partial charge in [0.1, 0.15) is 0 Å². The molecule has 0 radical (unpaired) electrons. The summed E-state index contributed by atoms with van der Waals surface area (Å²) in [7, 11) is -3.12. The lowest BCUT2D eigenvalue weighted by molar-refractivity contribution is 0.257. The van der Waals surface area contributed by atoms with Gasteiger partial charge in [-0.25, -0.2) is 8.42 Å². The molecule has 1 unspecified atom stereocenters. The van der Waals surface area contributed by atoms with Crippen LogP contribution >= 0.6 is 0 Å². The molecule has 1 atom stereocenters. The second-order valence-electron chi connectivity index (χ2n) is 3.89. The Kier molecular flexibility index (Phi) is 4.76. The van der Waals surface area contributed by atoms with E-state index in [1.165, 1.54) is 0 Å². The van der Waals surface area contributed by atoms with Crippen molar-refractivity contribution in [2.24, 2.45) is 5.73 Å². The van der Waals surface area contributed by atoms with Crippen molar-refractivity contribution in [3.8, 4) is 0 Å². The number of hydrogen-bond acceptors (Lipinski definition) is 3. The molecule has 1 rings (SSSR count). The Morgan fingerprint density at radius 1 is 1.47 bits per heavy atom. The van der Waals surface area contributed by atoms with Gasteiger partial charge < -0.3 is 5.73 Å². The third-order valence-corrected chi connectivity index (χ3v) is 4.73. The van der Waals surface area contributed by atoms with E-state index in [4.69, 9.17) is 5.73 Å². The topological polar surface area (TPSA) is 63.4 Å². The summed E-state index contributed by atoms with van der Waals surface area (Å²) in [6.45, 7) is 4.59. The second kappa shape index (κ2) is 5.63. The summed E-state index contributed by atoms with van der Waals surface area (Å²) >= 11 is 0. The van der Waals surface area contributed by atoms with Crippen molar-refractivity contribution < 1.29 is 8.42 Å². The molecule has 0 aromatic heterocycles. The Morgan fingerprint density at radius 2 is 2.20 bits per heavy atom. The summed E-state index contributed by atoms with van der Waals surface area (Å²) in [6, 6.07) is 0.00793. The van der Waals surface area contributed by atoms with Crippen LogP contribution in [0.5, 0.6) is 0 Å². The van der Waals surface area contributed by atoms with Crippen molar-refractivity contribution >= 4 is 10.0 Å². The molecule has 5 heteroatoms. The van der Waals surface area contributed by atoms with E-state index in [1.807, 2.05) is 0 Å². The monoisotopic (exact) mass is 232 g/mol. The molecule has 88 valence electrons. The number of hydrogen-bond donors (Lipinski definition) is 1. The van der Waals surface area contributed by atoms with Gasteiger partial charge in [-0.1, -0.05) is 12.5 Å². The van der Waals surface area contributed by atoms with E-state index in [9.17, 15) is 8.42 Å². The molecule has 2 N–H and O–H groups in total. The van der Waals surface area contributed by atoms with Gasteiger partial charge in [0.2, 0.25) is 10.0 Å². The normalized spacial score (nSPS) is 23.9. The van der Waals surface area contributed by atoms with Gasteiger partial charge in [0, 0.05) is 19.1 Å². The highest BCUT2D eigenvalue weighted by atomic mass is 32.2. The lowest BCUT2D eigenvalue weighted by Crippen LogP contribution is -2.48. The highest BCUT2D eigenvalue weighted by molar-refractivity contribution is 7.89. The molecule has 1 aliphatic heterocycles. The predicted molar refractivity (Wildman–Crippen MR) is 62.0 cm³/mol. The summed E-state index contributed by atoms with van der Waals surface area (Å²) in [4.78, 5) is 0. The molecule has 0 aliphatic carbocycles. The SMILES string of the molecule is C=CCCS(=O)(=O)N1CCCCC1CN. The van der Waals surface area contributed by atoms with Crippen LogP contribution < -0.4 is 5.73 Å². The van der Waals surface area contributed by atoms with Crippen LogP contribution in [-0.4, -0.2) is 37.6 Å². The minimum absolute atomic E-state index is 0.00793. The third kappa shape index (κ3) is 3.29. The van der Waals surface area contributed by atoms with Gasteiger partial charge >= 0.3 is 0 Å². The van der Waals surface area contributed by atoms with Crippen molar-refractivity contribution in [1.82, 2.24) is 4.31 Å². The number of sulfonamides is 1. The minimum Gasteiger partial charge on any atom is -0.329 e. The number of allylic oxidation sites excluding steroid dienone is 1. The summed E-state index contributed by atoms with van der Waals surface area (Å²) in [5.41, 5.74) is 5.59. The highest BCUT2D eigenvalue weighted by Gasteiger charge is 2.30. The Morgan fingerprint density at radius 3 is 2.80 bits per heavy atom. The zero-order chi connectivity index (χ0) is 11.3. The summed E-state index contributed by atoms with van der Waals surface area (Å²) in [5.74, 6) is 0.160. The quantitative estimate of drug-likeness (QED) is 0.710. The van der Waals surface area contributed by atoms with Crippen LogP contribution in [0, 0.1) is 0 Å². The Balaban J connectivity index is 2.69. The molecule has 0 bridgehead atoms. The molecule has 0 spiro atoms. The number of nitrogens with zero attached hydrogens (tertiary/aromatic N) is 1. The van der Waals surface area contributed by atoms with Crippen LogP contribution in [0.1, 0.15) is 25.7 Å². The fraction of sp³-hybridized carbons (Fsp3) is 0.800. The van der Waals surface area contributed by atoms with Crippen LogP contribution in [0.2, 0.25) is 0 Å². The van der Waals surface area contributed by atoms with Gasteiger partial charge in [0.05, 0.1) is 5.75 Å². The predicted octanol–water partition coefficient (Wildman–Crippen LogP) is 0.706. The van der Waals surface area contributed by atoms with E-state index in [-0.39, 0.29) is 11.8 Å². The van der Waals surface area contributed by atoms with E-state index in [0.29, 0.717) is 19.5 Å². The van der Waals surface area contributed by atoms with Crippen molar-refractivity contribution in [3.63, 3.8) is 0 Å². The van der Waals surface area contributed by atoms with Crippen LogP contribution in [-0.2, 0) is 10.0 Å². The smallest absolute Gasteiger partial charge is 0.214 e. The second-order valence-corrected chi connectivity index (χ2v) is 5.93. The number of piperidine rings is 1. The molecule has 1 aliphatic rings. The average Bonchev–Trinajstić information content (AvgIpc) is 2.26. The summed E-state index contributed by atoms with van der Waals surface area (Å²) in [6.07, 6.45) is 5.07. The fourth-order valence-corrected chi connectivity index (χ4v) is 3.68. The molecule has 0 saturated carbocycles. The van der Waals surface area contributed by atoms with Crippen LogP contribution in [0.4, 0.5) is 0 Å². The van der Waals surface area contributed by atoms with Gasteiger partial charge in [-0.3, -0.25) is 0 Å². The molecule has 1 saturated heterocycles. The summed E-state index contributed by atoms with van der Waals surface area (Å²) < 4.78 is 25.5. The van der Waals surface area contributed by atoms with E-state index >= 15 is 0 Å². The molecule has 4 nitrogen and oxygen atoms in total. The Hall–Kier alpha value is -0.390. The Bertz CT molecular complexity index is 301. The zero-order valence-corrected chi connectivity index (χ0v) is 9.88. The Labute approximate surface area is 92.2 Å². The first kappa shape index (κ1) is 12.7. The lowest BCUT2D eigenvalue weighted by atomic mass is 10.1. The first-order valence-electron chi connectivity index (χ1n) is 5.42. The van der Waals surface area contributed by atoms with Crippen molar-refractivity contribution in [2.45, 2.75) is 31.7 Å². The third-order valence-electron chi connectivity index (χ3n) is 2.78. The first-order chi connectivity index (χ1) is 7.11. The molecule has 1 heterocycles. The zero-order valence-electron chi connectivity index (χ0n) is 9.06. The van der Waals surface area contributed by atoms with E-state index in [2.05, 4.69) is 6.58 Å². The maximum Gasteiger partial charge on any atom is 0.214 e. The first-order valence-corrected chi connectivity index (χ1v) is 7.03. The van der Waals surface area contributed by atoms with E-state index in [0.717, 1.165) is 19.3 Å². The minimum atomic E-state index is -3.12. The number of rotatable bonds is 5. The van der Waals surface area contributed by atoms with Crippen LogP contribution in [0.3, 0.4) is 0 Å². The van der Waals surface area contributed by atoms with Crippen molar-refractivity contribution in [3.05, 3.63) is 12.7 Å². The van der Waals surface area contributed by atoms with Crippen LogP contribution in [0.25, 0.3) is 0 Å². The van der Waals surface area contributed by atoms with Gasteiger partial charge in [0.25, 0.3) is 0 Å². The maximum atomic E-state index is 11.9. The van der Waals surface area contributed by atoms with E-state index < -0.39 is 10.0 Å². The van der Waals surface area contributed by atoms with E-state index in [1.54, 1.807) is 10.4 Å². The molecule has 0 amide bonds.